The Labute approximate surface area is 298 Å². The van der Waals surface area contributed by atoms with E-state index < -0.39 is 0 Å². The molecule has 0 aromatic carbocycles. The molecule has 0 amide bonds. The Morgan fingerprint density at radius 2 is 0.660 bits per heavy atom. The molecule has 0 bridgehead atoms. The Bertz CT molecular complexity index is 722. The van der Waals surface area contributed by atoms with Crippen LogP contribution in [0.2, 0.25) is 0 Å². The number of nitrogens with zero attached hydrogens (tertiary/aromatic N) is 2. The van der Waals surface area contributed by atoms with Gasteiger partial charge < -0.3 is 0 Å². The molecule has 0 fully saturated rings. The van der Waals surface area contributed by atoms with E-state index in [1.807, 2.05) is 0 Å². The van der Waals surface area contributed by atoms with Gasteiger partial charge in [-0.3, -0.25) is 0 Å². The van der Waals surface area contributed by atoms with Crippen LogP contribution in [-0.2, 0) is 19.5 Å². The van der Waals surface area contributed by atoms with Crippen molar-refractivity contribution >= 4 is 0 Å². The average Bonchev–Trinajstić information content (AvgIpc) is 3.47. The maximum absolute atomic E-state index is 2.63. The summed E-state index contributed by atoms with van der Waals surface area (Å²) in [6, 6.07) is 0. The van der Waals surface area contributed by atoms with E-state index in [1.54, 1.807) is 5.82 Å². The number of aromatic nitrogens is 2. The van der Waals surface area contributed by atoms with Crippen molar-refractivity contribution in [3.05, 3.63) is 18.2 Å². The highest BCUT2D eigenvalue weighted by atomic mass is 15.1. The van der Waals surface area contributed by atoms with E-state index >= 15 is 0 Å². The first kappa shape index (κ1) is 44.2. The van der Waals surface area contributed by atoms with Gasteiger partial charge in [-0.25, -0.2) is 9.13 Å². The molecule has 278 valence electrons. The van der Waals surface area contributed by atoms with Crippen LogP contribution in [0.1, 0.15) is 258 Å². The third kappa shape index (κ3) is 28.7. The second kappa shape index (κ2) is 36.5. The minimum absolute atomic E-state index is 1.23. The van der Waals surface area contributed by atoms with Crippen LogP contribution < -0.4 is 4.57 Å². The van der Waals surface area contributed by atoms with Crippen molar-refractivity contribution in [1.29, 1.82) is 0 Å². The van der Waals surface area contributed by atoms with Crippen LogP contribution in [0.25, 0.3) is 0 Å². The quantitative estimate of drug-likeness (QED) is 0.0492. The van der Waals surface area contributed by atoms with Gasteiger partial charge in [-0.15, -0.1) is 0 Å². The van der Waals surface area contributed by atoms with Gasteiger partial charge >= 0.3 is 0 Å². The lowest BCUT2D eigenvalue weighted by atomic mass is 10.0. The monoisotopic (exact) mass is 658 g/mol. The van der Waals surface area contributed by atoms with Gasteiger partial charge in [0.1, 0.15) is 12.4 Å². The van der Waals surface area contributed by atoms with E-state index in [4.69, 9.17) is 0 Å². The molecule has 0 radical (unpaired) electrons. The van der Waals surface area contributed by atoms with Gasteiger partial charge in [-0.1, -0.05) is 220 Å². The Hall–Kier alpha value is -0.790. The summed E-state index contributed by atoms with van der Waals surface area (Å²) in [5.41, 5.74) is 0. The van der Waals surface area contributed by atoms with Crippen LogP contribution in [-0.4, -0.2) is 4.57 Å². The molecule has 0 aliphatic carbocycles. The van der Waals surface area contributed by atoms with Crippen LogP contribution in [0.3, 0.4) is 0 Å². The van der Waals surface area contributed by atoms with Crippen LogP contribution >= 0.6 is 0 Å². The summed E-state index contributed by atoms with van der Waals surface area (Å²) in [4.78, 5) is 0. The molecule has 0 atom stereocenters. The zero-order valence-corrected chi connectivity index (χ0v) is 33.1. The van der Waals surface area contributed by atoms with Crippen molar-refractivity contribution < 1.29 is 4.57 Å². The highest BCUT2D eigenvalue weighted by Gasteiger charge is 2.16. The summed E-state index contributed by atoms with van der Waals surface area (Å²) >= 11 is 0. The summed E-state index contributed by atoms with van der Waals surface area (Å²) in [6.45, 7) is 9.41. The fourth-order valence-corrected chi connectivity index (χ4v) is 7.56. The maximum Gasteiger partial charge on any atom is 0.256 e. The molecular formula is C45H89N2+. The summed E-state index contributed by atoms with van der Waals surface area (Å²) < 4.78 is 5.27. The number of aryl methyl sites for hydroxylation is 2. The van der Waals surface area contributed by atoms with E-state index in [2.05, 4.69) is 42.3 Å². The molecule has 1 aromatic rings. The van der Waals surface area contributed by atoms with E-state index in [-0.39, 0.29) is 0 Å². The standard InChI is InChI=1S/C45H89N2/c1-4-7-10-13-15-17-19-21-23-24-25-27-29-31-33-36-39-42-47-44-43-46(45(47)40-37-34-12-9-6-3)41-38-35-32-30-28-26-22-20-18-16-14-11-8-5-2/h43-44H,4-42H2,1-3H3/q+1. The van der Waals surface area contributed by atoms with Crippen molar-refractivity contribution in [2.45, 2.75) is 271 Å². The zero-order chi connectivity index (χ0) is 33.7. The van der Waals surface area contributed by atoms with E-state index in [9.17, 15) is 0 Å². The van der Waals surface area contributed by atoms with E-state index in [1.165, 1.54) is 251 Å². The minimum atomic E-state index is 1.23. The molecule has 2 nitrogen and oxygen atoms in total. The fourth-order valence-electron chi connectivity index (χ4n) is 7.56. The highest BCUT2D eigenvalue weighted by Crippen LogP contribution is 2.16. The van der Waals surface area contributed by atoms with Crippen molar-refractivity contribution in [2.75, 3.05) is 0 Å². The number of unbranched alkanes of at least 4 members (excludes halogenated alkanes) is 33. The van der Waals surface area contributed by atoms with Crippen LogP contribution in [0, 0.1) is 0 Å². The van der Waals surface area contributed by atoms with Crippen LogP contribution in [0.15, 0.2) is 12.4 Å². The largest absolute Gasteiger partial charge is 0.256 e. The molecule has 0 spiro atoms. The first-order chi connectivity index (χ1) is 23.3. The van der Waals surface area contributed by atoms with Gasteiger partial charge in [0.25, 0.3) is 5.82 Å². The predicted molar refractivity (Wildman–Crippen MR) is 212 cm³/mol. The molecule has 0 saturated heterocycles. The number of rotatable bonds is 39. The van der Waals surface area contributed by atoms with Gasteiger partial charge in [0.05, 0.1) is 13.1 Å². The topological polar surface area (TPSA) is 8.81 Å². The third-order valence-electron chi connectivity index (χ3n) is 10.8. The molecule has 0 unspecified atom stereocenters. The number of hydrogen-bond acceptors (Lipinski definition) is 0. The van der Waals surface area contributed by atoms with Crippen LogP contribution in [0.5, 0.6) is 0 Å². The minimum Gasteiger partial charge on any atom is -0.234 e. The Kier molecular flexibility index (Phi) is 34.3. The molecule has 0 aliphatic rings. The van der Waals surface area contributed by atoms with Gasteiger partial charge in [0.2, 0.25) is 0 Å². The molecule has 0 N–H and O–H groups in total. The Balaban J connectivity index is 2.13. The molecule has 0 saturated carbocycles. The average molecular weight is 658 g/mol. The van der Waals surface area contributed by atoms with Crippen LogP contribution in [0.4, 0.5) is 0 Å². The molecule has 1 rings (SSSR count). The maximum atomic E-state index is 2.63. The number of hydrogen-bond donors (Lipinski definition) is 0. The Morgan fingerprint density at radius 1 is 0.362 bits per heavy atom. The zero-order valence-electron chi connectivity index (χ0n) is 33.1. The number of imidazole rings is 1. The van der Waals surface area contributed by atoms with Gasteiger partial charge in [0, 0.05) is 6.42 Å². The molecule has 1 heterocycles. The SMILES string of the molecule is CCCCCCCCCCCCCCCCCCC[n+]1ccn(CCCCCCCCCCCCCCCC)c1CCCCCCC. The summed E-state index contributed by atoms with van der Waals surface area (Å²) in [5.74, 6) is 1.62. The second-order valence-corrected chi connectivity index (χ2v) is 15.5. The van der Waals surface area contributed by atoms with Crippen molar-refractivity contribution in [2.24, 2.45) is 0 Å². The van der Waals surface area contributed by atoms with Gasteiger partial charge in [0.15, 0.2) is 0 Å². The first-order valence-corrected chi connectivity index (χ1v) is 22.4. The summed E-state index contributed by atoms with van der Waals surface area (Å²) in [5, 5.41) is 0. The molecule has 1 aromatic heterocycles. The summed E-state index contributed by atoms with van der Waals surface area (Å²) in [7, 11) is 0. The van der Waals surface area contributed by atoms with Crippen molar-refractivity contribution in [1.82, 2.24) is 4.57 Å². The highest BCUT2D eigenvalue weighted by molar-refractivity contribution is 4.84. The van der Waals surface area contributed by atoms with Gasteiger partial charge in [-0.05, 0) is 32.1 Å². The Morgan fingerprint density at radius 3 is 1.02 bits per heavy atom. The summed E-state index contributed by atoms with van der Waals surface area (Å²) in [6.07, 6.45) is 57.9. The van der Waals surface area contributed by atoms with E-state index in [0.717, 1.165) is 0 Å². The fraction of sp³-hybridized carbons (Fsp3) is 0.933. The predicted octanol–water partition coefficient (Wildman–Crippen LogP) is 15.4. The molecule has 2 heteroatoms. The smallest absolute Gasteiger partial charge is 0.234 e. The molecule has 47 heavy (non-hydrogen) atoms. The second-order valence-electron chi connectivity index (χ2n) is 15.5. The van der Waals surface area contributed by atoms with E-state index in [0.29, 0.717) is 0 Å². The first-order valence-electron chi connectivity index (χ1n) is 22.4. The van der Waals surface area contributed by atoms with Gasteiger partial charge in [-0.2, -0.15) is 0 Å². The van der Waals surface area contributed by atoms with Crippen molar-refractivity contribution in [3.63, 3.8) is 0 Å². The molecule has 0 aliphatic heterocycles. The van der Waals surface area contributed by atoms with Crippen molar-refractivity contribution in [3.8, 4) is 0 Å². The lowest BCUT2D eigenvalue weighted by molar-refractivity contribution is -0.704. The molecular weight excluding hydrogens is 569 g/mol. The third-order valence-corrected chi connectivity index (χ3v) is 10.8. The lowest BCUT2D eigenvalue weighted by Gasteiger charge is -2.07. The lowest BCUT2D eigenvalue weighted by Crippen LogP contribution is -2.37. The normalized spacial score (nSPS) is 11.6.